The molecule has 0 bridgehead atoms. The zero-order valence-electron chi connectivity index (χ0n) is 40.7. The smallest absolute Gasteiger partial charge is 0.360 e. The minimum Gasteiger partial charge on any atom is -0.480 e. The number of methoxy groups -OCH3 is 1. The van der Waals surface area contributed by atoms with E-state index in [2.05, 4.69) is 51.7 Å². The number of guanidine groups is 2. The third-order valence-corrected chi connectivity index (χ3v) is 11.2. The van der Waals surface area contributed by atoms with Crippen LogP contribution in [0.3, 0.4) is 0 Å². The van der Waals surface area contributed by atoms with Gasteiger partial charge in [0, 0.05) is 36.0 Å². The fourth-order valence-corrected chi connectivity index (χ4v) is 6.85. The Hall–Kier alpha value is -7.98. The maximum atomic E-state index is 13.2. The van der Waals surface area contributed by atoms with Crippen LogP contribution >= 0.6 is 23.2 Å². The normalized spacial score (nSPS) is 12.5. The van der Waals surface area contributed by atoms with Crippen LogP contribution in [0, 0.1) is 13.8 Å². The third-order valence-electron chi connectivity index (χ3n) is 10.4. The lowest BCUT2D eigenvalue weighted by Gasteiger charge is -2.21. The summed E-state index contributed by atoms with van der Waals surface area (Å²) in [6.07, 6.45) is 2.94. The first-order chi connectivity index (χ1) is 34.8. The summed E-state index contributed by atoms with van der Waals surface area (Å²) in [7, 11) is 1.24. The number of aliphatic carboxylic acids is 1. The molecule has 0 aliphatic rings. The number of nitrogens with zero attached hydrogens (tertiary/aromatic N) is 6. The number of carbonyl (C=O) groups is 6. The van der Waals surface area contributed by atoms with Crippen LogP contribution in [0.1, 0.15) is 60.8 Å². The van der Waals surface area contributed by atoms with Crippen molar-refractivity contribution in [2.24, 2.45) is 53.4 Å². The van der Waals surface area contributed by atoms with Gasteiger partial charge in [-0.15, -0.1) is 10.2 Å². The third kappa shape index (κ3) is 23.7. The molecule has 0 heterocycles. The average Bonchev–Trinajstić information content (AvgIpc) is 3.36. The second-order valence-electron chi connectivity index (χ2n) is 16.2. The number of rotatable bonds is 24. The SMILES string of the molecule is COC(=O)C(CCCCN=C(N)N)NC(=O)C(Cc1ccccc1)NC(=O)N=Nc1ccc(C)c(Cl)c1.Cc1ccc(N=NC(=O)NC(Cc2ccccc2)C(=O)NC(CCCCN=C(N)N)C(=O)O)cc1Cl. The fourth-order valence-electron chi connectivity index (χ4n) is 6.50. The highest BCUT2D eigenvalue weighted by molar-refractivity contribution is 6.31. The summed E-state index contributed by atoms with van der Waals surface area (Å²) in [5, 5.41) is 35.8. The Kier molecular flexibility index (Phi) is 26.1. The number of azo groups is 2. The van der Waals surface area contributed by atoms with Crippen LogP contribution in [0.4, 0.5) is 21.0 Å². The minimum absolute atomic E-state index is 0.0139. The molecule has 4 aromatic rings. The van der Waals surface area contributed by atoms with Crippen molar-refractivity contribution in [2.75, 3.05) is 20.2 Å². The molecule has 0 aliphatic heterocycles. The molecule has 73 heavy (non-hydrogen) atoms. The Morgan fingerprint density at radius 1 is 0.562 bits per heavy atom. The molecular formula is C49H62Cl2N14O8. The van der Waals surface area contributed by atoms with Crippen molar-refractivity contribution in [1.29, 1.82) is 0 Å². The number of hydrogen-bond acceptors (Lipinski definition) is 11. The molecule has 24 heteroatoms. The molecule has 0 saturated carbocycles. The Bertz CT molecular complexity index is 2580. The average molecular weight is 1050 g/mol. The number of carboxylic acids is 1. The first kappa shape index (κ1) is 59.3. The van der Waals surface area contributed by atoms with Crippen LogP contribution in [0.2, 0.25) is 10.0 Å². The molecule has 4 unspecified atom stereocenters. The lowest BCUT2D eigenvalue weighted by Crippen LogP contribution is -2.52. The lowest BCUT2D eigenvalue weighted by molar-refractivity contribution is -0.145. The molecule has 4 atom stereocenters. The number of esters is 1. The molecule has 0 fully saturated rings. The van der Waals surface area contributed by atoms with Crippen LogP contribution in [0.5, 0.6) is 0 Å². The van der Waals surface area contributed by atoms with Crippen molar-refractivity contribution in [3.63, 3.8) is 0 Å². The van der Waals surface area contributed by atoms with Gasteiger partial charge in [-0.1, -0.05) is 106 Å². The van der Waals surface area contributed by atoms with E-state index in [0.29, 0.717) is 66.6 Å². The number of carbonyl (C=O) groups excluding carboxylic acids is 5. The molecule has 0 saturated heterocycles. The number of halogens is 2. The topological polar surface area (TPSA) is 358 Å². The lowest BCUT2D eigenvalue weighted by atomic mass is 10.0. The number of unbranched alkanes of at least 4 members (excludes halogenated alkanes) is 2. The molecule has 0 aliphatic carbocycles. The van der Waals surface area contributed by atoms with Crippen molar-refractivity contribution < 1.29 is 38.6 Å². The van der Waals surface area contributed by atoms with Gasteiger partial charge in [0.15, 0.2) is 11.9 Å². The van der Waals surface area contributed by atoms with E-state index in [1.807, 2.05) is 50.2 Å². The van der Waals surface area contributed by atoms with Crippen LogP contribution in [0.15, 0.2) is 128 Å². The number of aliphatic imine (C=N–C) groups is 2. The molecule has 6 amide bonds. The van der Waals surface area contributed by atoms with Gasteiger partial charge in [0.2, 0.25) is 11.8 Å². The number of nitrogens with two attached hydrogens (primary N) is 4. The highest BCUT2D eigenvalue weighted by Crippen LogP contribution is 2.23. The highest BCUT2D eigenvalue weighted by atomic mass is 35.5. The summed E-state index contributed by atoms with van der Waals surface area (Å²) in [5.41, 5.74) is 25.2. The Morgan fingerprint density at radius 2 is 0.959 bits per heavy atom. The molecule has 0 spiro atoms. The molecular weight excluding hydrogens is 984 g/mol. The van der Waals surface area contributed by atoms with E-state index in [0.717, 1.165) is 22.3 Å². The molecule has 0 radical (unpaired) electrons. The van der Waals surface area contributed by atoms with Gasteiger partial charge in [-0.25, -0.2) is 19.2 Å². The van der Waals surface area contributed by atoms with Gasteiger partial charge < -0.3 is 54.0 Å². The fraction of sp³-hybridized carbons (Fsp3) is 0.347. The maximum Gasteiger partial charge on any atom is 0.360 e. The number of carboxylic acid groups (broad SMARTS) is 1. The molecule has 22 nitrogen and oxygen atoms in total. The van der Waals surface area contributed by atoms with Crippen LogP contribution in [0.25, 0.3) is 0 Å². The Morgan fingerprint density at radius 3 is 1.33 bits per heavy atom. The van der Waals surface area contributed by atoms with Gasteiger partial charge in [-0.2, -0.15) is 0 Å². The highest BCUT2D eigenvalue weighted by Gasteiger charge is 2.29. The molecule has 390 valence electrons. The van der Waals surface area contributed by atoms with Crippen molar-refractivity contribution in [1.82, 2.24) is 21.3 Å². The summed E-state index contributed by atoms with van der Waals surface area (Å²) in [6, 6.07) is 22.2. The number of nitrogens with one attached hydrogen (secondary N) is 4. The number of amides is 6. The monoisotopic (exact) mass is 1040 g/mol. The van der Waals surface area contributed by atoms with Crippen molar-refractivity contribution in [2.45, 2.75) is 89.4 Å². The predicted octanol–water partition coefficient (Wildman–Crippen LogP) is 6.22. The van der Waals surface area contributed by atoms with E-state index >= 15 is 0 Å². The van der Waals surface area contributed by atoms with E-state index < -0.39 is 60.0 Å². The van der Waals surface area contributed by atoms with Gasteiger partial charge in [-0.3, -0.25) is 19.6 Å². The largest absolute Gasteiger partial charge is 0.480 e. The summed E-state index contributed by atoms with van der Waals surface area (Å²) in [5.74, 6) is -3.07. The first-order valence-electron chi connectivity index (χ1n) is 22.9. The summed E-state index contributed by atoms with van der Waals surface area (Å²) in [4.78, 5) is 82.9. The van der Waals surface area contributed by atoms with E-state index in [9.17, 15) is 33.9 Å². The number of ether oxygens (including phenoxy) is 1. The van der Waals surface area contributed by atoms with Gasteiger partial charge in [0.25, 0.3) is 0 Å². The van der Waals surface area contributed by atoms with Crippen molar-refractivity contribution in [3.05, 3.63) is 129 Å². The van der Waals surface area contributed by atoms with Gasteiger partial charge >= 0.3 is 24.0 Å². The predicted molar refractivity (Wildman–Crippen MR) is 279 cm³/mol. The second-order valence-corrected chi connectivity index (χ2v) is 17.1. The summed E-state index contributed by atoms with van der Waals surface area (Å²) < 4.78 is 4.84. The van der Waals surface area contributed by atoms with Gasteiger partial charge in [0.1, 0.15) is 24.2 Å². The van der Waals surface area contributed by atoms with E-state index in [-0.39, 0.29) is 31.2 Å². The van der Waals surface area contributed by atoms with Gasteiger partial charge in [-0.05, 0) is 98.9 Å². The maximum absolute atomic E-state index is 13.2. The Balaban J connectivity index is 0.000000385. The van der Waals surface area contributed by atoms with Crippen molar-refractivity contribution >= 4 is 82.3 Å². The molecule has 13 N–H and O–H groups in total. The molecule has 0 aromatic heterocycles. The number of hydrogen-bond donors (Lipinski definition) is 9. The zero-order chi connectivity index (χ0) is 53.7. The number of urea groups is 2. The standard InChI is InChI=1S/C25H32ClN7O4.C24H30ClN7O4/c1-16-11-12-18(15-19(16)26)32-33-25(36)31-21(14-17-8-4-3-5-9-17)22(34)30-20(23(35)37-2)10-6-7-13-29-24(27)28;1-15-10-11-17(14-18(15)25)31-32-24(36)30-20(13-16-7-3-2-4-8-16)21(33)29-19(22(34)35)9-5-6-12-28-23(26)27/h3-5,8-9,11-12,15,20-21H,6-7,10,13-14H2,1-2H3,(H,30,34)(H,31,36)(H4,27,28,29);2-4,7-8,10-11,14,19-20H,5-6,9,12-13H2,1H3,(H,29,33)(H,30,36)(H,34,35)(H4,26,27,28). The van der Waals surface area contributed by atoms with Crippen LogP contribution in [-0.2, 0) is 36.8 Å². The van der Waals surface area contributed by atoms with E-state index in [1.54, 1.807) is 60.7 Å². The zero-order valence-corrected chi connectivity index (χ0v) is 42.2. The van der Waals surface area contributed by atoms with E-state index in [1.165, 1.54) is 7.11 Å². The summed E-state index contributed by atoms with van der Waals surface area (Å²) in [6.45, 7) is 4.42. The Labute approximate surface area is 432 Å². The quantitative estimate of drug-likeness (QED) is 0.0124. The van der Waals surface area contributed by atoms with Gasteiger partial charge in [0.05, 0.1) is 18.5 Å². The summed E-state index contributed by atoms with van der Waals surface area (Å²) >= 11 is 12.2. The second kappa shape index (κ2) is 32.1. The van der Waals surface area contributed by atoms with Crippen LogP contribution in [-0.4, -0.2) is 97.2 Å². The number of benzene rings is 4. The number of aryl methyl sites for hydroxylation is 2. The minimum atomic E-state index is -1.19. The van der Waals surface area contributed by atoms with Crippen LogP contribution < -0.4 is 44.2 Å². The molecule has 4 rings (SSSR count). The van der Waals surface area contributed by atoms with E-state index in [4.69, 9.17) is 50.9 Å². The van der Waals surface area contributed by atoms with Crippen molar-refractivity contribution in [3.8, 4) is 0 Å². The first-order valence-corrected chi connectivity index (χ1v) is 23.7. The molecule has 4 aromatic carbocycles.